The van der Waals surface area contributed by atoms with E-state index in [9.17, 15) is 5.11 Å². The molecular weight excluding hydrogens is 364 g/mol. The highest BCUT2D eigenvalue weighted by atomic mass is 16.3. The number of allylic oxidation sites excluding steroid dienone is 3. The van der Waals surface area contributed by atoms with Crippen LogP contribution in [0.2, 0.25) is 0 Å². The molecular formula is C29H48O. The lowest BCUT2D eigenvalue weighted by Gasteiger charge is -2.59. The fraction of sp³-hybridized carbons (Fsp3) is 0.862. The molecule has 1 nitrogen and oxygen atoms in total. The van der Waals surface area contributed by atoms with Crippen molar-refractivity contribution in [1.29, 1.82) is 0 Å². The van der Waals surface area contributed by atoms with E-state index in [1.165, 1.54) is 56.9 Å². The van der Waals surface area contributed by atoms with Crippen LogP contribution in [0.3, 0.4) is 0 Å². The molecule has 3 saturated carbocycles. The van der Waals surface area contributed by atoms with Gasteiger partial charge >= 0.3 is 0 Å². The summed E-state index contributed by atoms with van der Waals surface area (Å²) in [5.41, 5.74) is 4.22. The van der Waals surface area contributed by atoms with Gasteiger partial charge in [-0.2, -0.15) is 0 Å². The Morgan fingerprint density at radius 3 is 2.43 bits per heavy atom. The average molecular weight is 413 g/mol. The Hall–Kier alpha value is -0.560. The molecule has 1 N–H and O–H groups in total. The standard InChI is InChI=1S/C29H48O/c1-18(2)19(3)8-9-20(4)23-12-13-25-22-10-11-24-21(5)27(30)15-17-29(24,7)26(22)14-16-28(23,25)6/h10,18,20-21,23-27,30H,3,8-9,11-17H2,1-2,4-7H3/t20-,21-,23+,24-,25+,26-,27+,28-,29-/m1/s1. The summed E-state index contributed by atoms with van der Waals surface area (Å²) in [6, 6.07) is 0. The Bertz CT molecular complexity index is 688. The molecule has 1 heteroatoms. The molecule has 0 aromatic carbocycles. The van der Waals surface area contributed by atoms with Gasteiger partial charge in [0.2, 0.25) is 0 Å². The van der Waals surface area contributed by atoms with E-state index in [1.807, 2.05) is 5.57 Å². The van der Waals surface area contributed by atoms with Gasteiger partial charge in [-0.25, -0.2) is 0 Å². The maximum Gasteiger partial charge on any atom is 0.0568 e. The van der Waals surface area contributed by atoms with Crippen molar-refractivity contribution in [2.24, 2.45) is 52.3 Å². The summed E-state index contributed by atoms with van der Waals surface area (Å²) in [5, 5.41) is 10.5. The molecule has 0 heterocycles. The Morgan fingerprint density at radius 1 is 1.07 bits per heavy atom. The molecule has 0 radical (unpaired) electrons. The first-order valence-corrected chi connectivity index (χ1v) is 13.1. The van der Waals surface area contributed by atoms with Gasteiger partial charge in [-0.05, 0) is 110 Å². The van der Waals surface area contributed by atoms with Crippen LogP contribution in [0.15, 0.2) is 23.8 Å². The summed E-state index contributed by atoms with van der Waals surface area (Å²) in [4.78, 5) is 0. The monoisotopic (exact) mass is 412 g/mol. The molecule has 30 heavy (non-hydrogen) atoms. The molecule has 4 rings (SSSR count). The van der Waals surface area contributed by atoms with Crippen molar-refractivity contribution < 1.29 is 5.11 Å². The molecule has 9 atom stereocenters. The molecule has 170 valence electrons. The number of rotatable bonds is 5. The van der Waals surface area contributed by atoms with Crippen molar-refractivity contribution in [3.63, 3.8) is 0 Å². The first-order chi connectivity index (χ1) is 14.1. The van der Waals surface area contributed by atoms with E-state index in [2.05, 4.69) is 54.2 Å². The van der Waals surface area contributed by atoms with Crippen molar-refractivity contribution in [1.82, 2.24) is 0 Å². The maximum absolute atomic E-state index is 10.5. The van der Waals surface area contributed by atoms with Crippen LogP contribution in [-0.4, -0.2) is 11.2 Å². The summed E-state index contributed by atoms with van der Waals surface area (Å²) >= 11 is 0. The molecule has 0 spiro atoms. The molecule has 3 fully saturated rings. The van der Waals surface area contributed by atoms with E-state index in [0.717, 1.165) is 30.1 Å². The van der Waals surface area contributed by atoms with E-state index in [4.69, 9.17) is 0 Å². The minimum atomic E-state index is -0.0795. The van der Waals surface area contributed by atoms with Crippen molar-refractivity contribution in [2.45, 2.75) is 105 Å². The molecule has 0 bridgehead atoms. The topological polar surface area (TPSA) is 20.2 Å². The Kier molecular flexibility index (Phi) is 6.10. The number of fused-ring (bicyclic) bond motifs is 5. The normalized spacial score (nSPS) is 46.6. The van der Waals surface area contributed by atoms with Crippen LogP contribution in [0.1, 0.15) is 99.3 Å². The third kappa shape index (κ3) is 3.46. The summed E-state index contributed by atoms with van der Waals surface area (Å²) < 4.78 is 0. The van der Waals surface area contributed by atoms with Gasteiger partial charge in [-0.3, -0.25) is 0 Å². The maximum atomic E-state index is 10.5. The van der Waals surface area contributed by atoms with Gasteiger partial charge in [0.05, 0.1) is 6.10 Å². The van der Waals surface area contributed by atoms with Crippen LogP contribution in [0.5, 0.6) is 0 Å². The lowest BCUT2D eigenvalue weighted by Crippen LogP contribution is -2.52. The zero-order valence-corrected chi connectivity index (χ0v) is 20.7. The highest BCUT2D eigenvalue weighted by Crippen LogP contribution is 2.67. The summed E-state index contributed by atoms with van der Waals surface area (Å²) in [7, 11) is 0. The average Bonchev–Trinajstić information content (AvgIpc) is 3.06. The van der Waals surface area contributed by atoms with Gasteiger partial charge in [0.15, 0.2) is 0 Å². The molecule has 0 amide bonds. The number of hydrogen-bond acceptors (Lipinski definition) is 1. The van der Waals surface area contributed by atoms with Gasteiger partial charge in [-0.1, -0.05) is 65.3 Å². The molecule has 0 unspecified atom stereocenters. The Morgan fingerprint density at radius 2 is 1.73 bits per heavy atom. The predicted molar refractivity (Wildman–Crippen MR) is 128 cm³/mol. The zero-order valence-electron chi connectivity index (χ0n) is 20.7. The SMILES string of the molecule is C=C(CC[C@@H](C)[C@@H]1CC[C@H]2C3=CC[C@@H]4[C@@H](C)[C@@H](O)CC[C@@]4(C)[C@@H]3CC[C@@]21C)C(C)C. The van der Waals surface area contributed by atoms with E-state index in [1.54, 1.807) is 0 Å². The quantitative estimate of drug-likeness (QED) is 0.457. The van der Waals surface area contributed by atoms with Gasteiger partial charge in [0, 0.05) is 0 Å². The van der Waals surface area contributed by atoms with Crippen LogP contribution >= 0.6 is 0 Å². The van der Waals surface area contributed by atoms with Crippen molar-refractivity contribution >= 4 is 0 Å². The van der Waals surface area contributed by atoms with Gasteiger partial charge < -0.3 is 5.11 Å². The largest absolute Gasteiger partial charge is 0.393 e. The molecule has 0 aliphatic heterocycles. The van der Waals surface area contributed by atoms with Crippen LogP contribution in [-0.2, 0) is 0 Å². The van der Waals surface area contributed by atoms with E-state index in [-0.39, 0.29) is 6.10 Å². The van der Waals surface area contributed by atoms with Crippen LogP contribution < -0.4 is 0 Å². The van der Waals surface area contributed by atoms with E-state index < -0.39 is 0 Å². The first kappa shape index (κ1) is 22.6. The highest BCUT2D eigenvalue weighted by Gasteiger charge is 2.59. The van der Waals surface area contributed by atoms with Crippen molar-refractivity contribution in [3.8, 4) is 0 Å². The van der Waals surface area contributed by atoms with Gasteiger partial charge in [-0.15, -0.1) is 0 Å². The molecule has 0 aromatic rings. The third-order valence-electron chi connectivity index (χ3n) is 11.1. The number of aliphatic hydroxyl groups excluding tert-OH is 1. The lowest BCUT2D eigenvalue weighted by molar-refractivity contribution is -0.0773. The van der Waals surface area contributed by atoms with Gasteiger partial charge in [0.25, 0.3) is 0 Å². The predicted octanol–water partition coefficient (Wildman–Crippen LogP) is 7.80. The number of hydrogen-bond donors (Lipinski definition) is 1. The Labute approximate surface area is 186 Å². The molecule has 4 aliphatic rings. The highest BCUT2D eigenvalue weighted by molar-refractivity contribution is 5.28. The smallest absolute Gasteiger partial charge is 0.0568 e. The second-order valence-corrected chi connectivity index (χ2v) is 12.7. The minimum absolute atomic E-state index is 0.0795. The fourth-order valence-electron chi connectivity index (χ4n) is 8.82. The van der Waals surface area contributed by atoms with Crippen LogP contribution in [0.25, 0.3) is 0 Å². The zero-order chi connectivity index (χ0) is 21.8. The second kappa shape index (κ2) is 8.09. The first-order valence-electron chi connectivity index (χ1n) is 13.1. The van der Waals surface area contributed by atoms with E-state index >= 15 is 0 Å². The third-order valence-corrected chi connectivity index (χ3v) is 11.1. The molecule has 0 saturated heterocycles. The molecule has 0 aromatic heterocycles. The van der Waals surface area contributed by atoms with Crippen molar-refractivity contribution in [2.75, 3.05) is 0 Å². The second-order valence-electron chi connectivity index (χ2n) is 12.7. The fourth-order valence-corrected chi connectivity index (χ4v) is 8.82. The van der Waals surface area contributed by atoms with E-state index in [0.29, 0.717) is 28.6 Å². The Balaban J connectivity index is 1.52. The van der Waals surface area contributed by atoms with Crippen molar-refractivity contribution in [3.05, 3.63) is 23.8 Å². The van der Waals surface area contributed by atoms with Crippen LogP contribution in [0, 0.1) is 52.3 Å². The number of aliphatic hydroxyl groups is 1. The molecule has 4 aliphatic carbocycles. The summed E-state index contributed by atoms with van der Waals surface area (Å²) in [6.45, 7) is 19.0. The van der Waals surface area contributed by atoms with Gasteiger partial charge in [0.1, 0.15) is 0 Å². The van der Waals surface area contributed by atoms with Crippen LogP contribution in [0.4, 0.5) is 0 Å². The lowest BCUT2D eigenvalue weighted by atomic mass is 9.46. The summed E-state index contributed by atoms with van der Waals surface area (Å²) in [6.07, 6.45) is 14.2. The minimum Gasteiger partial charge on any atom is -0.393 e. The summed E-state index contributed by atoms with van der Waals surface area (Å²) in [5.74, 6) is 5.04.